The molecular weight excluding hydrogens is 274 g/mol. The van der Waals surface area contributed by atoms with E-state index in [1.54, 1.807) is 4.90 Å². The quantitative estimate of drug-likeness (QED) is 0.449. The van der Waals surface area contributed by atoms with Crippen molar-refractivity contribution >= 4 is 17.7 Å². The average molecular weight is 298 g/mol. The second-order valence-corrected chi connectivity index (χ2v) is 5.87. The van der Waals surface area contributed by atoms with Crippen molar-refractivity contribution in [2.75, 3.05) is 32.8 Å². The van der Waals surface area contributed by atoms with E-state index >= 15 is 0 Å². The van der Waals surface area contributed by atoms with Gasteiger partial charge in [0.15, 0.2) is 0 Å². The number of amides is 3. The molecule has 2 heterocycles. The first-order chi connectivity index (χ1) is 10.1. The van der Waals surface area contributed by atoms with E-state index in [0.29, 0.717) is 32.5 Å². The van der Waals surface area contributed by atoms with Crippen LogP contribution in [0.15, 0.2) is 0 Å². The third kappa shape index (κ3) is 3.79. The minimum Gasteiger partial charge on any atom is -0.372 e. The van der Waals surface area contributed by atoms with Gasteiger partial charge in [-0.3, -0.25) is 19.7 Å². The first-order valence-electron chi connectivity index (χ1n) is 7.56. The summed E-state index contributed by atoms with van der Waals surface area (Å²) in [5, 5.41) is 2.35. The number of hydrogen-bond acceptors (Lipinski definition) is 4. The lowest BCUT2D eigenvalue weighted by Crippen LogP contribution is -2.67. The zero-order valence-corrected chi connectivity index (χ0v) is 12.4. The highest BCUT2D eigenvalue weighted by atomic mass is 16.5. The van der Waals surface area contributed by atoms with Crippen molar-refractivity contribution in [1.82, 2.24) is 10.2 Å². The Balaban J connectivity index is 1.63. The molecule has 2 fully saturated rings. The summed E-state index contributed by atoms with van der Waals surface area (Å²) in [7, 11) is 0. The molecule has 118 valence electrons. The monoisotopic (exact) mass is 298 g/mol. The van der Waals surface area contributed by atoms with Crippen molar-refractivity contribution in [3.8, 4) is 0 Å². The molecule has 0 aliphatic carbocycles. The number of carbonyl (C=O) groups excluding carboxylic acids is 3. The Labute approximate surface area is 124 Å². The van der Waals surface area contributed by atoms with Gasteiger partial charge in [0, 0.05) is 26.1 Å². The molecule has 0 saturated carbocycles. The van der Waals surface area contributed by atoms with E-state index < -0.39 is 5.41 Å². The van der Waals surface area contributed by atoms with Gasteiger partial charge < -0.3 is 15.4 Å². The molecule has 7 nitrogen and oxygen atoms in total. The summed E-state index contributed by atoms with van der Waals surface area (Å²) in [5.41, 5.74) is 3.23. The molecule has 0 bridgehead atoms. The van der Waals surface area contributed by atoms with Gasteiger partial charge in [0.2, 0.25) is 17.7 Å². The number of piperidine rings is 1. The van der Waals surface area contributed by atoms with E-state index in [1.807, 2.05) is 0 Å². The zero-order valence-electron chi connectivity index (χ0n) is 12.4. The lowest BCUT2D eigenvalue weighted by molar-refractivity contribution is -0.368. The fourth-order valence-corrected chi connectivity index (χ4v) is 2.76. The lowest BCUT2D eigenvalue weighted by Gasteiger charge is -2.50. The summed E-state index contributed by atoms with van der Waals surface area (Å²) in [5.74, 6) is -0.541. The van der Waals surface area contributed by atoms with Crippen molar-refractivity contribution in [2.45, 2.75) is 32.1 Å². The van der Waals surface area contributed by atoms with Gasteiger partial charge in [-0.05, 0) is 25.7 Å². The first kappa shape index (κ1) is 15.9. The molecule has 7 heteroatoms. The van der Waals surface area contributed by atoms with Crippen LogP contribution in [-0.2, 0) is 19.1 Å². The van der Waals surface area contributed by atoms with E-state index in [9.17, 15) is 14.4 Å². The van der Waals surface area contributed by atoms with Crippen molar-refractivity contribution in [1.29, 1.82) is 0 Å². The molecule has 0 aromatic carbocycles. The van der Waals surface area contributed by atoms with Crippen LogP contribution < -0.4 is 11.1 Å². The number of rotatable bonds is 7. The van der Waals surface area contributed by atoms with Crippen LogP contribution in [0.1, 0.15) is 32.1 Å². The van der Waals surface area contributed by atoms with Crippen LogP contribution in [-0.4, -0.2) is 55.5 Å². The van der Waals surface area contributed by atoms with E-state index in [4.69, 9.17) is 4.74 Å². The van der Waals surface area contributed by atoms with Crippen LogP contribution in [0.3, 0.4) is 0 Å². The summed E-state index contributed by atoms with van der Waals surface area (Å²) in [6.45, 7) is 2.38. The van der Waals surface area contributed by atoms with Gasteiger partial charge in [-0.1, -0.05) is 0 Å². The van der Waals surface area contributed by atoms with Gasteiger partial charge in [0.25, 0.3) is 0 Å². The Hall–Kier alpha value is -1.47. The lowest BCUT2D eigenvalue weighted by atomic mass is 9.73. The molecule has 0 atom stereocenters. The maximum atomic E-state index is 11.9. The predicted molar refractivity (Wildman–Crippen MR) is 73.8 cm³/mol. The molecule has 21 heavy (non-hydrogen) atoms. The van der Waals surface area contributed by atoms with Crippen molar-refractivity contribution in [3.63, 3.8) is 0 Å². The topological polar surface area (TPSA) is 103 Å². The average Bonchev–Trinajstić information content (AvgIpc) is 2.40. The number of carbonyl (C=O) groups is 3. The largest absolute Gasteiger partial charge is 0.372 e. The number of nitrogens with one attached hydrogen (secondary N) is 1. The van der Waals surface area contributed by atoms with Crippen molar-refractivity contribution in [3.05, 3.63) is 0 Å². The molecule has 2 saturated heterocycles. The number of ether oxygens (including phenoxy) is 1. The fourth-order valence-electron chi connectivity index (χ4n) is 2.76. The molecule has 1 spiro atoms. The molecule has 4 N–H and O–H groups in total. The van der Waals surface area contributed by atoms with Crippen molar-refractivity contribution < 1.29 is 24.9 Å². The number of nitrogens with zero attached hydrogens (tertiary/aromatic N) is 1. The number of unbranched alkanes of at least 4 members (excludes halogenated alkanes) is 2. The van der Waals surface area contributed by atoms with Crippen LogP contribution in [0.2, 0.25) is 0 Å². The SMILES string of the molecule is [NH3+]CCCCCOCC(=O)N1CC2(CCC(=O)NC2=O)C1. The summed E-state index contributed by atoms with van der Waals surface area (Å²) in [4.78, 5) is 36.5. The summed E-state index contributed by atoms with van der Waals surface area (Å²) >= 11 is 0. The normalized spacial score (nSPS) is 20.3. The minimum atomic E-state index is -0.544. The van der Waals surface area contributed by atoms with Crippen LogP contribution in [0.25, 0.3) is 0 Å². The van der Waals surface area contributed by atoms with Crippen LogP contribution in [0, 0.1) is 5.41 Å². The van der Waals surface area contributed by atoms with Crippen molar-refractivity contribution in [2.24, 2.45) is 5.41 Å². The molecule has 0 aromatic heterocycles. The van der Waals surface area contributed by atoms with Gasteiger partial charge in [-0.2, -0.15) is 0 Å². The Bertz CT molecular complexity index is 418. The highest BCUT2D eigenvalue weighted by Gasteiger charge is 2.52. The summed E-state index contributed by atoms with van der Waals surface area (Å²) < 4.78 is 5.35. The van der Waals surface area contributed by atoms with Crippen LogP contribution in [0.4, 0.5) is 0 Å². The van der Waals surface area contributed by atoms with Crippen LogP contribution in [0.5, 0.6) is 0 Å². The molecule has 3 amide bonds. The Kier molecular flexibility index (Phi) is 5.30. The second kappa shape index (κ2) is 7.00. The zero-order chi connectivity index (χ0) is 15.3. The second-order valence-electron chi connectivity index (χ2n) is 5.87. The van der Waals surface area contributed by atoms with E-state index in [1.165, 1.54) is 0 Å². The molecular formula is C14H24N3O4+. The number of imide groups is 1. The molecule has 2 aliphatic heterocycles. The maximum Gasteiger partial charge on any atom is 0.248 e. The molecule has 2 aliphatic rings. The third-order valence-electron chi connectivity index (χ3n) is 4.17. The number of hydrogen-bond donors (Lipinski definition) is 2. The maximum absolute atomic E-state index is 11.9. The number of likely N-dealkylation sites (tertiary alicyclic amines) is 1. The first-order valence-corrected chi connectivity index (χ1v) is 7.56. The van der Waals surface area contributed by atoms with Gasteiger partial charge in [-0.25, -0.2) is 0 Å². The smallest absolute Gasteiger partial charge is 0.248 e. The van der Waals surface area contributed by atoms with E-state index in [2.05, 4.69) is 11.1 Å². The highest BCUT2D eigenvalue weighted by molar-refractivity contribution is 6.02. The summed E-state index contributed by atoms with van der Waals surface area (Å²) in [6, 6.07) is 0. The van der Waals surface area contributed by atoms with E-state index in [-0.39, 0.29) is 24.3 Å². The molecule has 0 unspecified atom stereocenters. The Morgan fingerprint density at radius 3 is 2.71 bits per heavy atom. The molecule has 2 rings (SSSR count). The predicted octanol–water partition coefficient (Wildman–Crippen LogP) is -1.32. The van der Waals surface area contributed by atoms with E-state index in [0.717, 1.165) is 25.8 Å². The van der Waals surface area contributed by atoms with Gasteiger partial charge in [0.05, 0.1) is 12.0 Å². The molecule has 0 radical (unpaired) electrons. The molecule has 0 aromatic rings. The van der Waals surface area contributed by atoms with Gasteiger partial charge >= 0.3 is 0 Å². The Morgan fingerprint density at radius 2 is 2.05 bits per heavy atom. The van der Waals surface area contributed by atoms with Gasteiger partial charge in [0.1, 0.15) is 6.61 Å². The van der Waals surface area contributed by atoms with Crippen LogP contribution >= 0.6 is 0 Å². The summed E-state index contributed by atoms with van der Waals surface area (Å²) in [6.07, 6.45) is 3.99. The van der Waals surface area contributed by atoms with Gasteiger partial charge in [-0.15, -0.1) is 0 Å². The standard InChI is InChI=1S/C14H23N3O4/c15-6-2-1-3-7-21-8-12(19)17-9-14(10-17)5-4-11(18)16-13(14)20/h1-10,15H2,(H,16,18,20)/p+1. The fraction of sp³-hybridized carbons (Fsp3) is 0.786. The minimum absolute atomic E-state index is 0.0704. The number of quaternary nitrogens is 1. The Morgan fingerprint density at radius 1 is 1.29 bits per heavy atom. The highest BCUT2D eigenvalue weighted by Crippen LogP contribution is 2.37. The third-order valence-corrected chi connectivity index (χ3v) is 4.17.